The summed E-state index contributed by atoms with van der Waals surface area (Å²) >= 11 is 0. The second kappa shape index (κ2) is 4.67. The van der Waals surface area contributed by atoms with Gasteiger partial charge in [-0.2, -0.15) is 0 Å². The van der Waals surface area contributed by atoms with E-state index in [0.717, 1.165) is 0 Å². The number of halogens is 2. The predicted molar refractivity (Wildman–Crippen MR) is 60.7 cm³/mol. The van der Waals surface area contributed by atoms with E-state index in [1.165, 1.54) is 18.2 Å². The van der Waals surface area contributed by atoms with Gasteiger partial charge in [0.25, 0.3) is 0 Å². The minimum absolute atomic E-state index is 0.0237. The maximum atomic E-state index is 13.7. The van der Waals surface area contributed by atoms with Gasteiger partial charge in [0.2, 0.25) is 0 Å². The van der Waals surface area contributed by atoms with E-state index < -0.39 is 17.7 Å². The van der Waals surface area contributed by atoms with Crippen molar-refractivity contribution in [2.75, 3.05) is 7.05 Å². The lowest BCUT2D eigenvalue weighted by Gasteiger charge is -2.15. The van der Waals surface area contributed by atoms with Crippen LogP contribution in [0.3, 0.4) is 0 Å². The molecule has 0 spiro atoms. The number of rotatable bonds is 3. The van der Waals surface area contributed by atoms with Gasteiger partial charge < -0.3 is 9.73 Å². The summed E-state index contributed by atoms with van der Waals surface area (Å²) in [5.41, 5.74) is -0.0237. The molecule has 0 saturated carbocycles. The highest BCUT2D eigenvalue weighted by Crippen LogP contribution is 2.27. The zero-order chi connectivity index (χ0) is 12.4. The quantitative estimate of drug-likeness (QED) is 0.887. The van der Waals surface area contributed by atoms with Crippen LogP contribution in [0.25, 0.3) is 0 Å². The molecular formula is C13H13F2NO. The maximum absolute atomic E-state index is 13.7. The Kier molecular flexibility index (Phi) is 3.24. The molecule has 0 aliphatic rings. The second-order valence-corrected chi connectivity index (χ2v) is 3.81. The van der Waals surface area contributed by atoms with Gasteiger partial charge >= 0.3 is 0 Å². The Balaban J connectivity index is 2.49. The minimum atomic E-state index is -0.620. The summed E-state index contributed by atoms with van der Waals surface area (Å²) in [6, 6.07) is 6.66. The second-order valence-electron chi connectivity index (χ2n) is 3.81. The molecule has 90 valence electrons. The molecule has 2 rings (SSSR count). The van der Waals surface area contributed by atoms with Gasteiger partial charge in [0.1, 0.15) is 23.2 Å². The van der Waals surface area contributed by atoms with E-state index in [4.69, 9.17) is 4.42 Å². The fourth-order valence-electron chi connectivity index (χ4n) is 1.82. The van der Waals surface area contributed by atoms with Gasteiger partial charge in [-0.05, 0) is 38.2 Å². The van der Waals surface area contributed by atoms with Crippen molar-refractivity contribution in [2.45, 2.75) is 13.0 Å². The normalized spacial score (nSPS) is 12.7. The van der Waals surface area contributed by atoms with Gasteiger partial charge in [0.15, 0.2) is 0 Å². The lowest BCUT2D eigenvalue weighted by atomic mass is 10.0. The Morgan fingerprint density at radius 2 is 1.76 bits per heavy atom. The van der Waals surface area contributed by atoms with Crippen LogP contribution in [-0.2, 0) is 0 Å². The number of hydrogen-bond donors (Lipinski definition) is 1. The summed E-state index contributed by atoms with van der Waals surface area (Å²) in [7, 11) is 1.63. The van der Waals surface area contributed by atoms with E-state index in [1.807, 2.05) is 0 Å². The lowest BCUT2D eigenvalue weighted by Crippen LogP contribution is -2.19. The zero-order valence-corrected chi connectivity index (χ0v) is 9.63. The first kappa shape index (κ1) is 11.8. The van der Waals surface area contributed by atoms with Crippen LogP contribution in [-0.4, -0.2) is 7.05 Å². The minimum Gasteiger partial charge on any atom is -0.464 e. The third-order valence-electron chi connectivity index (χ3n) is 2.62. The number of nitrogens with one attached hydrogen (secondary N) is 1. The molecule has 0 fully saturated rings. The van der Waals surface area contributed by atoms with Crippen molar-refractivity contribution in [3.8, 4) is 0 Å². The van der Waals surface area contributed by atoms with Crippen LogP contribution in [0, 0.1) is 18.6 Å². The highest BCUT2D eigenvalue weighted by molar-refractivity contribution is 5.30. The van der Waals surface area contributed by atoms with Crippen molar-refractivity contribution in [3.63, 3.8) is 0 Å². The SMILES string of the molecule is CNC(c1ccc(C)o1)c1c(F)cccc1F. The van der Waals surface area contributed by atoms with Crippen LogP contribution in [0.5, 0.6) is 0 Å². The molecule has 1 N–H and O–H groups in total. The molecule has 17 heavy (non-hydrogen) atoms. The molecular weight excluding hydrogens is 224 g/mol. The summed E-state index contributed by atoms with van der Waals surface area (Å²) < 4.78 is 32.7. The molecule has 1 aromatic heterocycles. The summed E-state index contributed by atoms with van der Waals surface area (Å²) in [4.78, 5) is 0. The van der Waals surface area contributed by atoms with Crippen LogP contribution >= 0.6 is 0 Å². The topological polar surface area (TPSA) is 25.2 Å². The molecule has 1 aromatic carbocycles. The summed E-state index contributed by atoms with van der Waals surface area (Å²) in [5.74, 6) is 0.0304. The van der Waals surface area contributed by atoms with Crippen LogP contribution in [0.1, 0.15) is 23.1 Å². The molecule has 0 saturated heterocycles. The highest BCUT2D eigenvalue weighted by Gasteiger charge is 2.22. The number of benzene rings is 1. The molecule has 1 unspecified atom stereocenters. The van der Waals surface area contributed by atoms with Crippen molar-refractivity contribution in [1.29, 1.82) is 0 Å². The molecule has 0 aliphatic carbocycles. The van der Waals surface area contributed by atoms with Gasteiger partial charge in [-0.3, -0.25) is 0 Å². The monoisotopic (exact) mass is 237 g/mol. The first-order chi connectivity index (χ1) is 8.13. The number of aryl methyl sites for hydroxylation is 1. The molecule has 2 aromatic rings. The van der Waals surface area contributed by atoms with Gasteiger partial charge in [0.05, 0.1) is 6.04 Å². The Morgan fingerprint density at radius 3 is 2.24 bits per heavy atom. The third kappa shape index (κ3) is 2.22. The predicted octanol–water partition coefficient (Wildman–Crippen LogP) is 3.18. The number of hydrogen-bond acceptors (Lipinski definition) is 2. The molecule has 0 radical (unpaired) electrons. The summed E-state index contributed by atoms with van der Waals surface area (Å²) in [5, 5.41) is 2.86. The van der Waals surface area contributed by atoms with Crippen LogP contribution < -0.4 is 5.32 Å². The lowest BCUT2D eigenvalue weighted by molar-refractivity contribution is 0.424. The Hall–Kier alpha value is -1.68. The molecule has 4 heteroatoms. The van der Waals surface area contributed by atoms with Gasteiger partial charge in [0, 0.05) is 5.56 Å². The maximum Gasteiger partial charge on any atom is 0.131 e. The van der Waals surface area contributed by atoms with Crippen molar-refractivity contribution in [1.82, 2.24) is 5.32 Å². The molecule has 1 atom stereocenters. The largest absolute Gasteiger partial charge is 0.464 e. The average Bonchev–Trinajstić information content (AvgIpc) is 2.70. The summed E-state index contributed by atoms with van der Waals surface area (Å²) in [6.45, 7) is 1.79. The Morgan fingerprint density at radius 1 is 1.12 bits per heavy atom. The molecule has 1 heterocycles. The third-order valence-corrected chi connectivity index (χ3v) is 2.62. The van der Waals surface area contributed by atoms with Gasteiger partial charge in [-0.1, -0.05) is 6.07 Å². The Labute approximate surface area is 98.3 Å². The van der Waals surface area contributed by atoms with Crippen molar-refractivity contribution < 1.29 is 13.2 Å². The van der Waals surface area contributed by atoms with E-state index in [9.17, 15) is 8.78 Å². The molecule has 0 aliphatic heterocycles. The highest BCUT2D eigenvalue weighted by atomic mass is 19.1. The van der Waals surface area contributed by atoms with E-state index in [0.29, 0.717) is 11.5 Å². The van der Waals surface area contributed by atoms with E-state index >= 15 is 0 Å². The van der Waals surface area contributed by atoms with Crippen LogP contribution in [0.4, 0.5) is 8.78 Å². The Bertz CT molecular complexity index is 502. The van der Waals surface area contributed by atoms with Crippen molar-refractivity contribution in [3.05, 3.63) is 59.1 Å². The first-order valence-electron chi connectivity index (χ1n) is 5.31. The molecule has 2 nitrogen and oxygen atoms in total. The van der Waals surface area contributed by atoms with Crippen LogP contribution in [0.15, 0.2) is 34.7 Å². The average molecular weight is 237 g/mol. The fourth-order valence-corrected chi connectivity index (χ4v) is 1.82. The standard InChI is InChI=1S/C13H13F2NO/c1-8-6-7-11(17-8)13(16-2)12-9(14)4-3-5-10(12)15/h3-7,13,16H,1-2H3. The smallest absolute Gasteiger partial charge is 0.131 e. The molecule has 0 bridgehead atoms. The van der Waals surface area contributed by atoms with Crippen LogP contribution in [0.2, 0.25) is 0 Å². The van der Waals surface area contributed by atoms with E-state index in [2.05, 4.69) is 5.32 Å². The van der Waals surface area contributed by atoms with Gasteiger partial charge in [-0.25, -0.2) is 8.78 Å². The zero-order valence-electron chi connectivity index (χ0n) is 9.63. The fraction of sp³-hybridized carbons (Fsp3) is 0.231. The first-order valence-corrected chi connectivity index (χ1v) is 5.31. The van der Waals surface area contributed by atoms with E-state index in [-0.39, 0.29) is 5.56 Å². The molecule has 0 amide bonds. The number of furan rings is 1. The van der Waals surface area contributed by atoms with Crippen molar-refractivity contribution in [2.24, 2.45) is 0 Å². The van der Waals surface area contributed by atoms with Gasteiger partial charge in [-0.15, -0.1) is 0 Å². The van der Waals surface area contributed by atoms with Crippen molar-refractivity contribution >= 4 is 0 Å². The van der Waals surface area contributed by atoms with E-state index in [1.54, 1.807) is 26.1 Å². The summed E-state index contributed by atoms with van der Waals surface area (Å²) in [6.07, 6.45) is 0.